The number of rotatable bonds is 6. The molecule has 7 heteroatoms. The lowest BCUT2D eigenvalue weighted by atomic mass is 10.2. The lowest BCUT2D eigenvalue weighted by molar-refractivity contribution is -0.116. The maximum Gasteiger partial charge on any atom is 0.246 e. The van der Waals surface area contributed by atoms with Crippen LogP contribution in [0.25, 0.3) is 0 Å². The normalized spacial score (nSPS) is 12.7. The summed E-state index contributed by atoms with van der Waals surface area (Å²) in [6.45, 7) is 1.74. The first-order valence-corrected chi connectivity index (χ1v) is 8.90. The maximum atomic E-state index is 12.3. The van der Waals surface area contributed by atoms with Crippen molar-refractivity contribution in [3.8, 4) is 0 Å². The average molecular weight is 347 g/mol. The van der Waals surface area contributed by atoms with Crippen molar-refractivity contribution >= 4 is 27.3 Å². The third-order valence-electron chi connectivity index (χ3n) is 3.43. The molecular weight excluding hydrogens is 326 g/mol. The van der Waals surface area contributed by atoms with Gasteiger partial charge in [-0.1, -0.05) is 24.3 Å². The summed E-state index contributed by atoms with van der Waals surface area (Å²) < 4.78 is 25.4. The van der Waals surface area contributed by atoms with Crippen molar-refractivity contribution in [3.05, 3.63) is 54.6 Å². The lowest BCUT2D eigenvalue weighted by Gasteiger charge is -2.16. The second-order valence-electron chi connectivity index (χ2n) is 5.54. The molecule has 0 saturated carbocycles. The Morgan fingerprint density at radius 1 is 1.00 bits per heavy atom. The first kappa shape index (κ1) is 18.0. The van der Waals surface area contributed by atoms with Crippen molar-refractivity contribution < 1.29 is 13.2 Å². The number of benzene rings is 2. The van der Waals surface area contributed by atoms with Gasteiger partial charge in [0.2, 0.25) is 15.9 Å². The molecule has 2 aromatic carbocycles. The van der Waals surface area contributed by atoms with Crippen LogP contribution in [0, 0.1) is 0 Å². The van der Waals surface area contributed by atoms with Crippen LogP contribution in [0.4, 0.5) is 11.4 Å². The molecule has 0 aliphatic heterocycles. The highest BCUT2D eigenvalue weighted by Crippen LogP contribution is 2.18. The van der Waals surface area contributed by atoms with Gasteiger partial charge in [-0.25, -0.2) is 12.7 Å². The molecule has 0 bridgehead atoms. The summed E-state index contributed by atoms with van der Waals surface area (Å²) in [5.74, 6) is -0.252. The van der Waals surface area contributed by atoms with E-state index in [1.807, 2.05) is 30.3 Å². The number of sulfonamides is 1. The fraction of sp³-hybridized carbons (Fsp3) is 0.235. The fourth-order valence-electron chi connectivity index (χ4n) is 2.05. The van der Waals surface area contributed by atoms with E-state index >= 15 is 0 Å². The van der Waals surface area contributed by atoms with Crippen LogP contribution in [0.1, 0.15) is 6.92 Å². The van der Waals surface area contributed by atoms with Gasteiger partial charge in [-0.15, -0.1) is 0 Å². The standard InChI is InChI=1S/C17H21N3O3S/c1-13(18-14-8-5-4-6-9-14)17(21)19-15-10-7-11-16(12-15)24(22,23)20(2)3/h4-13,18H,1-3H3,(H,19,21)/t13-/m1/s1. The zero-order valence-corrected chi connectivity index (χ0v) is 14.7. The van der Waals surface area contributed by atoms with Gasteiger partial charge in [-0.2, -0.15) is 0 Å². The maximum absolute atomic E-state index is 12.3. The van der Waals surface area contributed by atoms with Gasteiger partial charge >= 0.3 is 0 Å². The SMILES string of the molecule is C[C@@H](Nc1ccccc1)C(=O)Nc1cccc(S(=O)(=O)N(C)C)c1. The van der Waals surface area contributed by atoms with Gasteiger partial charge in [-0.05, 0) is 37.3 Å². The molecule has 0 spiro atoms. The van der Waals surface area contributed by atoms with E-state index in [1.54, 1.807) is 19.1 Å². The molecule has 2 rings (SSSR count). The Kier molecular flexibility index (Phi) is 5.58. The van der Waals surface area contributed by atoms with Gasteiger partial charge in [0.05, 0.1) is 4.90 Å². The molecule has 2 aromatic rings. The van der Waals surface area contributed by atoms with Crippen LogP contribution in [-0.4, -0.2) is 38.8 Å². The van der Waals surface area contributed by atoms with Gasteiger partial charge in [0.25, 0.3) is 0 Å². The van der Waals surface area contributed by atoms with Crippen LogP contribution in [0.5, 0.6) is 0 Å². The van der Waals surface area contributed by atoms with E-state index < -0.39 is 16.1 Å². The minimum absolute atomic E-state index is 0.133. The quantitative estimate of drug-likeness (QED) is 0.841. The summed E-state index contributed by atoms with van der Waals surface area (Å²) in [7, 11) is -0.608. The van der Waals surface area contributed by atoms with E-state index in [0.717, 1.165) is 9.99 Å². The number of para-hydroxylation sites is 1. The molecule has 1 amide bonds. The van der Waals surface area contributed by atoms with Gasteiger partial charge in [0, 0.05) is 25.5 Å². The van der Waals surface area contributed by atoms with Crippen LogP contribution >= 0.6 is 0 Å². The van der Waals surface area contributed by atoms with E-state index in [2.05, 4.69) is 10.6 Å². The Hall–Kier alpha value is -2.38. The van der Waals surface area contributed by atoms with Crippen molar-refractivity contribution in [1.29, 1.82) is 0 Å². The smallest absolute Gasteiger partial charge is 0.246 e. The zero-order valence-electron chi connectivity index (χ0n) is 13.9. The highest BCUT2D eigenvalue weighted by atomic mass is 32.2. The molecule has 0 unspecified atom stereocenters. The second-order valence-corrected chi connectivity index (χ2v) is 7.69. The summed E-state index contributed by atoms with van der Waals surface area (Å²) in [5, 5.41) is 5.82. The van der Waals surface area contributed by atoms with E-state index in [1.165, 1.54) is 26.2 Å². The molecule has 2 N–H and O–H groups in total. The molecule has 0 heterocycles. The van der Waals surface area contributed by atoms with Crippen LogP contribution in [0.2, 0.25) is 0 Å². The Balaban J connectivity index is 2.09. The van der Waals surface area contributed by atoms with E-state index in [-0.39, 0.29) is 10.8 Å². The van der Waals surface area contributed by atoms with Crippen molar-refractivity contribution in [3.63, 3.8) is 0 Å². The van der Waals surface area contributed by atoms with Crippen LogP contribution < -0.4 is 10.6 Å². The number of anilines is 2. The van der Waals surface area contributed by atoms with Crippen molar-refractivity contribution in [2.45, 2.75) is 17.9 Å². The van der Waals surface area contributed by atoms with Crippen molar-refractivity contribution in [2.24, 2.45) is 0 Å². The Morgan fingerprint density at radius 2 is 1.62 bits per heavy atom. The molecule has 0 aliphatic carbocycles. The number of amides is 1. The second kappa shape index (κ2) is 7.46. The Morgan fingerprint density at radius 3 is 2.25 bits per heavy atom. The van der Waals surface area contributed by atoms with E-state index in [9.17, 15) is 13.2 Å². The number of hydrogen-bond acceptors (Lipinski definition) is 4. The van der Waals surface area contributed by atoms with E-state index in [0.29, 0.717) is 5.69 Å². The topological polar surface area (TPSA) is 78.5 Å². The third-order valence-corrected chi connectivity index (χ3v) is 5.24. The summed E-state index contributed by atoms with van der Waals surface area (Å²) in [4.78, 5) is 12.4. The summed E-state index contributed by atoms with van der Waals surface area (Å²) in [5.41, 5.74) is 1.27. The number of hydrogen-bond donors (Lipinski definition) is 2. The number of nitrogens with one attached hydrogen (secondary N) is 2. The molecule has 0 radical (unpaired) electrons. The first-order chi connectivity index (χ1) is 11.3. The minimum atomic E-state index is -3.54. The molecule has 0 aromatic heterocycles. The number of nitrogens with zero attached hydrogens (tertiary/aromatic N) is 1. The predicted molar refractivity (Wildman–Crippen MR) is 95.5 cm³/mol. The summed E-state index contributed by atoms with van der Waals surface area (Å²) >= 11 is 0. The first-order valence-electron chi connectivity index (χ1n) is 7.46. The van der Waals surface area contributed by atoms with E-state index in [4.69, 9.17) is 0 Å². The zero-order chi connectivity index (χ0) is 17.7. The Labute approximate surface area is 142 Å². The lowest BCUT2D eigenvalue weighted by Crippen LogP contribution is -2.32. The molecular formula is C17H21N3O3S. The number of carbonyl (C=O) groups excluding carboxylic acids is 1. The molecule has 6 nitrogen and oxygen atoms in total. The van der Waals surface area contributed by atoms with Crippen molar-refractivity contribution in [2.75, 3.05) is 24.7 Å². The minimum Gasteiger partial charge on any atom is -0.374 e. The average Bonchev–Trinajstić information content (AvgIpc) is 2.55. The molecule has 0 saturated heterocycles. The summed E-state index contributed by atoms with van der Waals surface area (Å²) in [6, 6.07) is 15.1. The Bertz CT molecular complexity index is 805. The van der Waals surface area contributed by atoms with Gasteiger partial charge < -0.3 is 10.6 Å². The van der Waals surface area contributed by atoms with Crippen LogP contribution in [-0.2, 0) is 14.8 Å². The largest absolute Gasteiger partial charge is 0.374 e. The van der Waals surface area contributed by atoms with Crippen LogP contribution in [0.3, 0.4) is 0 Å². The molecule has 128 valence electrons. The molecule has 24 heavy (non-hydrogen) atoms. The fourth-order valence-corrected chi connectivity index (χ4v) is 2.99. The van der Waals surface area contributed by atoms with Crippen molar-refractivity contribution in [1.82, 2.24) is 4.31 Å². The van der Waals surface area contributed by atoms with Gasteiger partial charge in [-0.3, -0.25) is 4.79 Å². The van der Waals surface area contributed by atoms with Crippen LogP contribution in [0.15, 0.2) is 59.5 Å². The van der Waals surface area contributed by atoms with Gasteiger partial charge in [0.15, 0.2) is 0 Å². The molecule has 0 fully saturated rings. The monoisotopic (exact) mass is 347 g/mol. The van der Waals surface area contributed by atoms with Gasteiger partial charge in [0.1, 0.15) is 6.04 Å². The number of carbonyl (C=O) groups is 1. The molecule has 1 atom stereocenters. The molecule has 0 aliphatic rings. The summed E-state index contributed by atoms with van der Waals surface area (Å²) in [6.07, 6.45) is 0. The predicted octanol–water partition coefficient (Wildman–Crippen LogP) is 2.38. The third kappa shape index (κ3) is 4.33. The highest BCUT2D eigenvalue weighted by Gasteiger charge is 2.18. The highest BCUT2D eigenvalue weighted by molar-refractivity contribution is 7.89.